The van der Waals surface area contributed by atoms with Crippen molar-refractivity contribution in [3.63, 3.8) is 0 Å². The van der Waals surface area contributed by atoms with E-state index in [0.29, 0.717) is 10.7 Å². The first kappa shape index (κ1) is 12.6. The number of benzene rings is 1. The quantitative estimate of drug-likeness (QED) is 0.706. The number of fused-ring (bicyclic) bond motifs is 1. The molecule has 1 N–H and O–H groups in total. The molecule has 3 rings (SSSR count). The van der Waals surface area contributed by atoms with Crippen LogP contribution in [0.2, 0.25) is 0 Å². The number of aromatic amines is 1. The molecule has 0 saturated heterocycles. The van der Waals surface area contributed by atoms with Gasteiger partial charge >= 0.3 is 0 Å². The van der Waals surface area contributed by atoms with Crippen LogP contribution in [0, 0.1) is 11.7 Å². The van der Waals surface area contributed by atoms with E-state index >= 15 is 0 Å². The summed E-state index contributed by atoms with van der Waals surface area (Å²) >= 11 is 8.89. The zero-order chi connectivity index (χ0) is 13.6. The minimum Gasteiger partial charge on any atom is -0.444 e. The molecule has 0 radical (unpaired) electrons. The zero-order valence-electron chi connectivity index (χ0n) is 10.5. The van der Waals surface area contributed by atoms with E-state index in [1.165, 1.54) is 0 Å². The number of rotatable bonds is 2. The topological polar surface area (TPSA) is 46.8 Å². The molecule has 3 aromatic rings. The lowest BCUT2D eigenvalue weighted by atomic mass is 10.3. The third kappa shape index (κ3) is 2.15. The van der Waals surface area contributed by atoms with Crippen molar-refractivity contribution in [1.29, 1.82) is 0 Å². The summed E-state index contributed by atoms with van der Waals surface area (Å²) in [6, 6.07) is 5.97. The van der Waals surface area contributed by atoms with Crippen molar-refractivity contribution in [2.45, 2.75) is 19.9 Å². The average molecular weight is 338 g/mol. The lowest BCUT2D eigenvalue weighted by Crippen LogP contribution is -2.07. The van der Waals surface area contributed by atoms with Gasteiger partial charge in [0.05, 0.1) is 17.2 Å². The summed E-state index contributed by atoms with van der Waals surface area (Å²) in [5, 5.41) is 0. The monoisotopic (exact) mass is 337 g/mol. The molecule has 4 nitrogen and oxygen atoms in total. The van der Waals surface area contributed by atoms with Gasteiger partial charge in [0.1, 0.15) is 11.8 Å². The van der Waals surface area contributed by atoms with E-state index < -0.39 is 0 Å². The molecule has 0 aliphatic carbocycles. The molecule has 0 saturated carbocycles. The van der Waals surface area contributed by atoms with Crippen molar-refractivity contribution in [2.24, 2.45) is 0 Å². The van der Waals surface area contributed by atoms with Crippen molar-refractivity contribution in [3.8, 4) is 0 Å². The summed E-state index contributed by atoms with van der Waals surface area (Å²) in [6.07, 6.45) is 1.72. The van der Waals surface area contributed by atoms with Gasteiger partial charge in [-0.05, 0) is 44.3 Å². The molecule has 98 valence electrons. The summed E-state index contributed by atoms with van der Waals surface area (Å²) in [5.74, 6) is 1.46. The highest BCUT2D eigenvalue weighted by Crippen LogP contribution is 2.26. The highest BCUT2D eigenvalue weighted by molar-refractivity contribution is 9.10. The smallest absolute Gasteiger partial charge is 0.217 e. The molecular formula is C13H12BrN3OS. The van der Waals surface area contributed by atoms with Gasteiger partial charge in [0.25, 0.3) is 0 Å². The van der Waals surface area contributed by atoms with E-state index in [9.17, 15) is 0 Å². The minimum absolute atomic E-state index is 0.0516. The first-order chi connectivity index (χ1) is 9.06. The predicted octanol–water partition coefficient (Wildman–Crippen LogP) is 4.37. The molecule has 1 aromatic carbocycles. The van der Waals surface area contributed by atoms with E-state index in [-0.39, 0.29) is 6.04 Å². The molecule has 0 aliphatic heterocycles. The molecule has 0 amide bonds. The Morgan fingerprint density at radius 2 is 2.26 bits per heavy atom. The number of oxazole rings is 1. The Balaban J connectivity index is 2.21. The van der Waals surface area contributed by atoms with E-state index in [2.05, 4.69) is 25.9 Å². The van der Waals surface area contributed by atoms with Crippen LogP contribution in [-0.4, -0.2) is 14.5 Å². The lowest BCUT2D eigenvalue weighted by Gasteiger charge is -2.10. The fourth-order valence-corrected chi connectivity index (χ4v) is 2.87. The molecular weight excluding hydrogens is 326 g/mol. The van der Waals surface area contributed by atoms with Gasteiger partial charge in [-0.25, -0.2) is 4.98 Å². The Morgan fingerprint density at radius 1 is 1.47 bits per heavy atom. The molecule has 0 aliphatic rings. The van der Waals surface area contributed by atoms with Crippen molar-refractivity contribution < 1.29 is 4.42 Å². The van der Waals surface area contributed by atoms with Gasteiger partial charge < -0.3 is 14.0 Å². The first-order valence-corrected chi connectivity index (χ1v) is 7.08. The Morgan fingerprint density at radius 3 is 2.95 bits per heavy atom. The van der Waals surface area contributed by atoms with Gasteiger partial charge in [-0.1, -0.05) is 15.9 Å². The van der Waals surface area contributed by atoms with Gasteiger partial charge in [-0.3, -0.25) is 0 Å². The number of nitrogens with zero attached hydrogens (tertiary/aromatic N) is 2. The molecule has 0 bridgehead atoms. The average Bonchev–Trinajstić information content (AvgIpc) is 2.91. The summed E-state index contributed by atoms with van der Waals surface area (Å²) in [5.41, 5.74) is 2.03. The third-order valence-electron chi connectivity index (χ3n) is 3.06. The number of aryl methyl sites for hydroxylation is 1. The number of aromatic nitrogens is 3. The van der Waals surface area contributed by atoms with Crippen molar-refractivity contribution >= 4 is 39.2 Å². The van der Waals surface area contributed by atoms with Gasteiger partial charge in [-0.2, -0.15) is 0 Å². The fourth-order valence-electron chi connectivity index (χ4n) is 2.15. The van der Waals surface area contributed by atoms with Crippen molar-refractivity contribution in [2.75, 3.05) is 0 Å². The maximum Gasteiger partial charge on any atom is 0.217 e. The molecule has 1 atom stereocenters. The van der Waals surface area contributed by atoms with Crippen LogP contribution in [0.5, 0.6) is 0 Å². The van der Waals surface area contributed by atoms with Crippen LogP contribution < -0.4 is 0 Å². The molecule has 0 fully saturated rings. The third-order valence-corrected chi connectivity index (χ3v) is 3.86. The second kappa shape index (κ2) is 4.61. The van der Waals surface area contributed by atoms with Crippen LogP contribution in [-0.2, 0) is 0 Å². The fraction of sp³-hybridized carbons (Fsp3) is 0.231. The Labute approximate surface area is 123 Å². The molecule has 0 spiro atoms. The Kier molecular flexibility index (Phi) is 3.06. The molecule has 19 heavy (non-hydrogen) atoms. The number of H-pyrrole nitrogens is 1. The van der Waals surface area contributed by atoms with Gasteiger partial charge in [-0.15, -0.1) is 0 Å². The van der Waals surface area contributed by atoms with Crippen LogP contribution in [0.4, 0.5) is 0 Å². The molecule has 6 heteroatoms. The summed E-state index contributed by atoms with van der Waals surface area (Å²) in [7, 11) is 0. The van der Waals surface area contributed by atoms with E-state index in [1.54, 1.807) is 6.20 Å². The normalized spacial score (nSPS) is 13.0. The highest BCUT2D eigenvalue weighted by Gasteiger charge is 2.17. The number of hydrogen-bond donors (Lipinski definition) is 1. The minimum atomic E-state index is -0.0516. The van der Waals surface area contributed by atoms with Crippen LogP contribution in [0.3, 0.4) is 0 Å². The van der Waals surface area contributed by atoms with E-state index in [4.69, 9.17) is 16.6 Å². The second-order valence-corrected chi connectivity index (χ2v) is 5.75. The SMILES string of the molecule is Cc1cnc(C(C)n2c(=S)[nH]c3ccc(Br)cc32)o1. The molecule has 2 aromatic heterocycles. The van der Waals surface area contributed by atoms with Crippen molar-refractivity contribution in [1.82, 2.24) is 14.5 Å². The first-order valence-electron chi connectivity index (χ1n) is 5.88. The van der Waals surface area contributed by atoms with E-state index in [1.807, 2.05) is 36.6 Å². The summed E-state index contributed by atoms with van der Waals surface area (Å²) in [4.78, 5) is 7.48. The predicted molar refractivity (Wildman–Crippen MR) is 79.9 cm³/mol. The zero-order valence-corrected chi connectivity index (χ0v) is 12.9. The van der Waals surface area contributed by atoms with Crippen molar-refractivity contribution in [3.05, 3.63) is 45.3 Å². The van der Waals surface area contributed by atoms with Gasteiger partial charge in [0.15, 0.2) is 4.77 Å². The summed E-state index contributed by atoms with van der Waals surface area (Å²) in [6.45, 7) is 3.91. The maximum absolute atomic E-state index is 5.60. The largest absolute Gasteiger partial charge is 0.444 e. The van der Waals surface area contributed by atoms with Crippen LogP contribution >= 0.6 is 28.1 Å². The number of hydrogen-bond acceptors (Lipinski definition) is 3. The number of imidazole rings is 1. The Hall–Kier alpha value is -1.40. The number of nitrogens with one attached hydrogen (secondary N) is 1. The lowest BCUT2D eigenvalue weighted by molar-refractivity contribution is 0.417. The summed E-state index contributed by atoms with van der Waals surface area (Å²) < 4.78 is 9.29. The second-order valence-electron chi connectivity index (χ2n) is 4.45. The maximum atomic E-state index is 5.60. The molecule has 1 unspecified atom stereocenters. The van der Waals surface area contributed by atoms with Crippen LogP contribution in [0.15, 0.2) is 33.3 Å². The van der Waals surface area contributed by atoms with E-state index in [0.717, 1.165) is 21.3 Å². The standard InChI is InChI=1S/C13H12BrN3OS/c1-7-6-15-12(18-7)8(2)17-11-5-9(14)3-4-10(11)16-13(17)19/h3-6,8H,1-2H3,(H,16,19). The van der Waals surface area contributed by atoms with Gasteiger partial charge in [0, 0.05) is 4.47 Å². The van der Waals surface area contributed by atoms with Gasteiger partial charge in [0.2, 0.25) is 5.89 Å². The Bertz CT molecular complexity index is 802. The molecule has 2 heterocycles. The number of halogens is 1. The highest BCUT2D eigenvalue weighted by atomic mass is 79.9. The van der Waals surface area contributed by atoms with Crippen LogP contribution in [0.25, 0.3) is 11.0 Å². The van der Waals surface area contributed by atoms with Crippen LogP contribution in [0.1, 0.15) is 24.6 Å².